The zero-order chi connectivity index (χ0) is 18.4. The van der Waals surface area contributed by atoms with Crippen molar-refractivity contribution in [2.75, 3.05) is 26.4 Å². The van der Waals surface area contributed by atoms with Gasteiger partial charge in [-0.1, -0.05) is 30.3 Å². The minimum Gasteiger partial charge on any atom is -0.508 e. The summed E-state index contributed by atoms with van der Waals surface area (Å²) >= 11 is 0. The molecule has 2 N–H and O–H groups in total. The second kappa shape index (κ2) is 8.85. The molecule has 0 spiro atoms. The lowest BCUT2D eigenvalue weighted by Gasteiger charge is -2.02. The van der Waals surface area contributed by atoms with Gasteiger partial charge in [-0.2, -0.15) is 0 Å². The first-order chi connectivity index (χ1) is 12.6. The number of phenolic OH excluding ortho intramolecular Hbond substituents is 2. The number of aromatic hydroxyl groups is 2. The van der Waals surface area contributed by atoms with Gasteiger partial charge in [-0.25, -0.2) is 0 Å². The van der Waals surface area contributed by atoms with Crippen LogP contribution in [0.5, 0.6) is 11.5 Å². The van der Waals surface area contributed by atoms with Crippen LogP contribution < -0.4 is 0 Å². The summed E-state index contributed by atoms with van der Waals surface area (Å²) in [5.41, 5.74) is 3.21. The van der Waals surface area contributed by atoms with Crippen molar-refractivity contribution >= 4 is 11.6 Å². The third-order valence-corrected chi connectivity index (χ3v) is 4.01. The fourth-order valence-electron chi connectivity index (χ4n) is 2.29. The summed E-state index contributed by atoms with van der Waals surface area (Å²) in [4.78, 5) is 0. The van der Waals surface area contributed by atoms with E-state index < -0.39 is 0 Å². The van der Waals surface area contributed by atoms with Gasteiger partial charge in [0.05, 0.1) is 26.4 Å². The van der Waals surface area contributed by atoms with Crippen LogP contribution in [0.3, 0.4) is 0 Å². The van der Waals surface area contributed by atoms with Crippen LogP contribution in [0.15, 0.2) is 48.5 Å². The predicted octanol–water partition coefficient (Wildman–Crippen LogP) is 3.46. The molecule has 2 aliphatic rings. The van der Waals surface area contributed by atoms with Crippen LogP contribution in [-0.2, 0) is 14.2 Å². The molecular formula is C21H24O5. The van der Waals surface area contributed by atoms with E-state index in [1.165, 1.54) is 0 Å². The van der Waals surface area contributed by atoms with Crippen LogP contribution in [-0.4, -0.2) is 48.8 Å². The fourth-order valence-corrected chi connectivity index (χ4v) is 2.29. The van der Waals surface area contributed by atoms with Gasteiger partial charge < -0.3 is 24.4 Å². The summed E-state index contributed by atoms with van der Waals surface area (Å²) in [6, 6.07) is 14.1. The van der Waals surface area contributed by atoms with Crippen LogP contribution in [0.25, 0.3) is 11.6 Å². The van der Waals surface area contributed by atoms with E-state index in [4.69, 9.17) is 14.2 Å². The molecular weight excluding hydrogens is 332 g/mol. The third-order valence-electron chi connectivity index (χ3n) is 4.01. The monoisotopic (exact) mass is 356 g/mol. The Balaban J connectivity index is 0.000000181. The van der Waals surface area contributed by atoms with E-state index in [0.717, 1.165) is 43.1 Å². The topological polar surface area (TPSA) is 74.8 Å². The number of benzene rings is 2. The number of phenols is 2. The normalized spacial score (nSPS) is 20.9. The molecule has 2 atom stereocenters. The van der Waals surface area contributed by atoms with Crippen LogP contribution >= 0.6 is 0 Å². The van der Waals surface area contributed by atoms with E-state index in [1.807, 2.05) is 37.3 Å². The van der Waals surface area contributed by atoms with Crippen LogP contribution in [0.2, 0.25) is 0 Å². The van der Waals surface area contributed by atoms with Gasteiger partial charge in [0.1, 0.15) is 23.7 Å². The molecule has 0 aliphatic carbocycles. The minimum atomic E-state index is 0.268. The van der Waals surface area contributed by atoms with E-state index in [2.05, 4.69) is 0 Å². The van der Waals surface area contributed by atoms with E-state index in [9.17, 15) is 10.2 Å². The summed E-state index contributed by atoms with van der Waals surface area (Å²) in [6.07, 6.45) is 2.82. The highest BCUT2D eigenvalue weighted by Crippen LogP contribution is 2.21. The molecule has 0 bridgehead atoms. The maximum Gasteiger partial charge on any atom is 0.115 e. The first-order valence-electron chi connectivity index (χ1n) is 8.68. The van der Waals surface area contributed by atoms with Crippen molar-refractivity contribution in [2.45, 2.75) is 19.1 Å². The van der Waals surface area contributed by atoms with Gasteiger partial charge in [0.25, 0.3) is 0 Å². The number of rotatable bonds is 6. The molecule has 4 rings (SSSR count). The van der Waals surface area contributed by atoms with Crippen LogP contribution in [0.1, 0.15) is 18.1 Å². The number of ether oxygens (including phenoxy) is 3. The van der Waals surface area contributed by atoms with E-state index in [0.29, 0.717) is 12.2 Å². The van der Waals surface area contributed by atoms with Crippen molar-refractivity contribution in [3.8, 4) is 11.5 Å². The maximum absolute atomic E-state index is 9.21. The lowest BCUT2D eigenvalue weighted by molar-refractivity contribution is 0.102. The third kappa shape index (κ3) is 6.52. The van der Waals surface area contributed by atoms with Crippen molar-refractivity contribution < 1.29 is 24.4 Å². The first-order valence-corrected chi connectivity index (χ1v) is 8.68. The molecule has 2 saturated heterocycles. The van der Waals surface area contributed by atoms with Crippen molar-refractivity contribution in [3.63, 3.8) is 0 Å². The molecule has 0 radical (unpaired) electrons. The van der Waals surface area contributed by atoms with Crippen molar-refractivity contribution in [1.29, 1.82) is 0 Å². The number of epoxide rings is 2. The molecule has 2 aliphatic heterocycles. The zero-order valence-electron chi connectivity index (χ0n) is 14.8. The second-order valence-electron chi connectivity index (χ2n) is 6.41. The van der Waals surface area contributed by atoms with E-state index in [1.54, 1.807) is 24.3 Å². The van der Waals surface area contributed by atoms with Crippen molar-refractivity contribution in [2.24, 2.45) is 0 Å². The fraction of sp³-hybridized carbons (Fsp3) is 0.333. The van der Waals surface area contributed by atoms with Crippen molar-refractivity contribution in [3.05, 3.63) is 59.7 Å². The summed E-state index contributed by atoms with van der Waals surface area (Å²) in [7, 11) is 0. The molecule has 5 nitrogen and oxygen atoms in total. The SMILES string of the molecule is C(OCC1CO1)C1CO1.C/C(=C\c1ccc(O)cc1)c1ccc(O)cc1. The Morgan fingerprint density at radius 1 is 0.923 bits per heavy atom. The maximum atomic E-state index is 9.21. The zero-order valence-corrected chi connectivity index (χ0v) is 14.8. The minimum absolute atomic E-state index is 0.268. The average molecular weight is 356 g/mol. The lowest BCUT2D eigenvalue weighted by Crippen LogP contribution is -2.06. The van der Waals surface area contributed by atoms with E-state index in [-0.39, 0.29) is 11.5 Å². The van der Waals surface area contributed by atoms with Gasteiger partial charge in [-0.15, -0.1) is 0 Å². The summed E-state index contributed by atoms with van der Waals surface area (Å²) in [5.74, 6) is 0.538. The Morgan fingerprint density at radius 3 is 1.85 bits per heavy atom. The molecule has 2 fully saturated rings. The van der Waals surface area contributed by atoms with E-state index >= 15 is 0 Å². The Bertz CT molecular complexity index is 701. The Kier molecular flexibility index (Phi) is 6.28. The van der Waals surface area contributed by atoms with Gasteiger partial charge >= 0.3 is 0 Å². The number of hydrogen-bond acceptors (Lipinski definition) is 5. The molecule has 2 heterocycles. The molecule has 2 unspecified atom stereocenters. The van der Waals surface area contributed by atoms with Gasteiger partial charge in [0.15, 0.2) is 0 Å². The smallest absolute Gasteiger partial charge is 0.115 e. The average Bonchev–Trinajstić information content (AvgIpc) is 3.54. The Morgan fingerprint density at radius 2 is 1.38 bits per heavy atom. The van der Waals surface area contributed by atoms with Gasteiger partial charge in [-0.05, 0) is 47.9 Å². The largest absolute Gasteiger partial charge is 0.508 e. The molecule has 2 aromatic carbocycles. The predicted molar refractivity (Wildman–Crippen MR) is 100 cm³/mol. The highest BCUT2D eigenvalue weighted by Gasteiger charge is 2.26. The van der Waals surface area contributed by atoms with Gasteiger partial charge in [0.2, 0.25) is 0 Å². The van der Waals surface area contributed by atoms with Crippen LogP contribution in [0.4, 0.5) is 0 Å². The highest BCUT2D eigenvalue weighted by atomic mass is 16.6. The second-order valence-corrected chi connectivity index (χ2v) is 6.41. The standard InChI is InChI=1S/C15H14O2.C6H10O3/c1-11(13-4-8-15(17)9-5-13)10-12-2-6-14(16)7-3-12;1(5-3-8-5)7-2-6-4-9-6/h2-10,16-17H,1H3;5-6H,1-4H2/b11-10+;. The highest BCUT2D eigenvalue weighted by molar-refractivity contribution is 5.80. The number of allylic oxidation sites excluding steroid dienone is 1. The molecule has 26 heavy (non-hydrogen) atoms. The molecule has 2 aromatic rings. The summed E-state index contributed by atoms with van der Waals surface area (Å²) < 4.78 is 15.1. The quantitative estimate of drug-likeness (QED) is 0.612. The number of hydrogen-bond donors (Lipinski definition) is 2. The summed E-state index contributed by atoms with van der Waals surface area (Å²) in [5, 5.41) is 18.4. The molecule has 0 amide bonds. The molecule has 5 heteroatoms. The van der Waals surface area contributed by atoms with Gasteiger partial charge in [0, 0.05) is 0 Å². The molecule has 138 valence electrons. The lowest BCUT2D eigenvalue weighted by atomic mass is 10.0. The van der Waals surface area contributed by atoms with Crippen LogP contribution in [0, 0.1) is 0 Å². The summed E-state index contributed by atoms with van der Waals surface area (Å²) in [6.45, 7) is 5.27. The Hall–Kier alpha value is -2.34. The Labute approximate surface area is 153 Å². The molecule has 0 saturated carbocycles. The van der Waals surface area contributed by atoms with Crippen molar-refractivity contribution in [1.82, 2.24) is 0 Å². The van der Waals surface area contributed by atoms with Gasteiger partial charge in [-0.3, -0.25) is 0 Å². The molecule has 0 aromatic heterocycles. The first kappa shape index (κ1) is 18.5.